The van der Waals surface area contributed by atoms with Crippen molar-refractivity contribution < 1.29 is 97.5 Å². The summed E-state index contributed by atoms with van der Waals surface area (Å²) in [5, 5.41) is 44.9. The van der Waals surface area contributed by atoms with Crippen LogP contribution in [0.4, 0.5) is 0 Å². The van der Waals surface area contributed by atoms with Crippen LogP contribution in [0.1, 0.15) is 230 Å². The molecule has 0 aliphatic carbocycles. The number of carbonyl (C=O) groups excluding carboxylic acids is 12. The van der Waals surface area contributed by atoms with E-state index in [0.29, 0.717) is 77.2 Å². The molecular weight excluding hydrogens is 1460 g/mol. The van der Waals surface area contributed by atoms with Gasteiger partial charge in [0.1, 0.15) is 22.7 Å². The lowest BCUT2D eigenvalue weighted by Crippen LogP contribution is -2.31. The van der Waals surface area contributed by atoms with Crippen molar-refractivity contribution in [2.45, 2.75) is 255 Å². The summed E-state index contributed by atoms with van der Waals surface area (Å²) >= 11 is 13.1. The number of aliphatic hydroxyl groups is 2. The fourth-order valence-electron chi connectivity index (χ4n) is 10.0. The second kappa shape index (κ2) is 49.6. The largest absolute Gasteiger partial charge is 0.481 e. The monoisotopic (exact) mass is 1560 g/mol. The summed E-state index contributed by atoms with van der Waals surface area (Å²) in [6.45, 7) is 19.8. The van der Waals surface area contributed by atoms with Crippen molar-refractivity contribution in [1.82, 2.24) is 0 Å². The van der Waals surface area contributed by atoms with Crippen LogP contribution in [-0.2, 0) is 71.9 Å². The molecule has 8 atom stereocenters. The van der Waals surface area contributed by atoms with E-state index in [2.05, 4.69) is 27.7 Å². The van der Waals surface area contributed by atoms with Gasteiger partial charge in [-0.2, -0.15) is 0 Å². The molecule has 0 aromatic carbocycles. The Labute approximate surface area is 622 Å². The number of rotatable bonds is 8. The van der Waals surface area contributed by atoms with Crippen LogP contribution in [0.3, 0.4) is 0 Å². The highest BCUT2D eigenvalue weighted by molar-refractivity contribution is 8.26. The molecule has 20 nitrogen and oxygen atoms in total. The van der Waals surface area contributed by atoms with E-state index in [-0.39, 0.29) is 92.4 Å². The number of thioether (sulfide) groups is 10. The first-order valence-corrected chi connectivity index (χ1v) is 42.9. The van der Waals surface area contributed by atoms with Gasteiger partial charge < -0.3 is 25.5 Å². The molecule has 0 aromatic heterocycles. The normalized spacial score (nSPS) is 27.9. The smallest absolute Gasteiger partial charge is 0.316 e. The van der Waals surface area contributed by atoms with Crippen LogP contribution < -0.4 is 0 Å². The fraction of sp³-hybridized carbons (Fsp3) is 0.779. The predicted molar refractivity (Wildman–Crippen MR) is 405 cm³/mol. The standard InChI is InChI=1S/2C8H14OS.3C7H10O2S.C7H12O2S.2C6H8O3S.2C6H10O2S/c1-6-4-5-7(9)10-8(6,2)3;1-2-3-7-4-5-8(9)10-6-7;1-7(2)4-5(8)3-6(9)10-7;1-7(2)4-3-5(8)10-6(7)9;1-5(8)6-3-2-4-10-7(6)9;8-5-4-6-2-1-3-7(9)10-6;7-5-2-1-4(3-10-5)6(8)9;7-5(8)4-2-1-3-10-6(4)9;1-6(8)2-3-9-5(7)4-6;7-6(8)5-3-1-2-4-9-5/h6H,4-5H2,1-3H3;7H,2-6H2,1H3;2*3-4H2,1-2H3;6H,2-4H2,1H3;6,8H,1-5H2;4H,1-3H2,(H,8,9);4H,1-3H2,(H,7,8);8H,2-4H2,1H3;5H,1-4H2,(H,7,8). The molecule has 10 saturated heterocycles. The van der Waals surface area contributed by atoms with E-state index in [1.807, 2.05) is 27.7 Å². The van der Waals surface area contributed by atoms with Gasteiger partial charge in [-0.25, -0.2) is 0 Å². The minimum absolute atomic E-state index is 0.0150. The molecule has 10 heterocycles. The number of aliphatic hydroxyl groups excluding tert-OH is 1. The van der Waals surface area contributed by atoms with Crippen LogP contribution >= 0.6 is 118 Å². The molecule has 10 fully saturated rings. The molecular formula is C68H106O20S10. The summed E-state index contributed by atoms with van der Waals surface area (Å²) in [4.78, 5) is 161. The van der Waals surface area contributed by atoms with Gasteiger partial charge in [-0.3, -0.25) is 71.9 Å². The number of hydrogen-bond acceptors (Lipinski definition) is 27. The number of ketones is 2. The molecule has 98 heavy (non-hydrogen) atoms. The van der Waals surface area contributed by atoms with Crippen LogP contribution in [0.5, 0.6) is 0 Å². The summed E-state index contributed by atoms with van der Waals surface area (Å²) in [5.41, 5.74) is -0.999. The van der Waals surface area contributed by atoms with Gasteiger partial charge in [-0.05, 0) is 167 Å². The van der Waals surface area contributed by atoms with E-state index in [1.165, 1.54) is 96.8 Å². The highest BCUT2D eigenvalue weighted by Crippen LogP contribution is 2.41. The van der Waals surface area contributed by atoms with Gasteiger partial charge in [0.25, 0.3) is 0 Å². The molecule has 10 aliphatic rings. The van der Waals surface area contributed by atoms with Crippen LogP contribution in [-0.4, -0.2) is 173 Å². The number of carboxylic acids is 3. The third kappa shape index (κ3) is 42.6. The van der Waals surface area contributed by atoms with Gasteiger partial charge in [0.05, 0.1) is 23.9 Å². The van der Waals surface area contributed by atoms with Crippen molar-refractivity contribution in [2.75, 3.05) is 41.1 Å². The van der Waals surface area contributed by atoms with E-state index >= 15 is 0 Å². The molecule has 10 rings (SSSR count). The molecule has 0 spiro atoms. The second-order valence-electron chi connectivity index (χ2n) is 26.9. The average molecular weight is 1560 g/mol. The zero-order valence-corrected chi connectivity index (χ0v) is 66.8. The summed E-state index contributed by atoms with van der Waals surface area (Å²) in [6.07, 6.45) is 20.1. The van der Waals surface area contributed by atoms with Gasteiger partial charge in [-0.1, -0.05) is 135 Å². The Balaban J connectivity index is 0.000000545. The van der Waals surface area contributed by atoms with Gasteiger partial charge >= 0.3 is 17.9 Å². The van der Waals surface area contributed by atoms with Crippen molar-refractivity contribution >= 4 is 198 Å². The molecule has 558 valence electrons. The van der Waals surface area contributed by atoms with E-state index in [9.17, 15) is 77.0 Å². The lowest BCUT2D eigenvalue weighted by atomic mass is 9.89. The second-order valence-corrected chi connectivity index (χ2v) is 39.6. The summed E-state index contributed by atoms with van der Waals surface area (Å²) in [5.74, 6) is 2.88. The van der Waals surface area contributed by atoms with Crippen molar-refractivity contribution in [3.05, 3.63) is 0 Å². The fourth-order valence-corrected chi connectivity index (χ4v) is 20.4. The SMILES string of the molecule is CC(=O)C1CCCSC1=O.CC1(C)CC(=O)CC(=O)S1.CC1(C)CCC(=O)SC1=O.CC1(O)CCSC(=O)C1.CC1CCC(=O)SC1(C)C.CCCC1CCC(=O)SC1.O=C(O)C1CCCCS1.O=C(O)C1CCCSC1=O.O=C1CCC(C(=O)O)CS1.O=C1CCCC(CCO)S1. The third-order valence-corrected chi connectivity index (χ3v) is 28.0. The number of Topliss-reactive ketones (excluding diaryl/α,β-unsaturated/α-hetero) is 2. The molecule has 0 aromatic rings. The molecule has 5 N–H and O–H groups in total. The number of hydrogen-bond donors (Lipinski definition) is 5. The molecule has 0 bridgehead atoms. The van der Waals surface area contributed by atoms with Crippen molar-refractivity contribution in [3.63, 3.8) is 0 Å². The Kier molecular flexibility index (Phi) is 47.5. The lowest BCUT2D eigenvalue weighted by Gasteiger charge is -2.34. The number of aliphatic carboxylic acids is 3. The summed E-state index contributed by atoms with van der Waals surface area (Å²) in [7, 11) is 0. The number of carboxylic acid groups (broad SMARTS) is 3. The maximum absolute atomic E-state index is 11.1. The highest BCUT2D eigenvalue weighted by Gasteiger charge is 2.37. The topological polar surface area (TPSA) is 357 Å². The zero-order valence-electron chi connectivity index (χ0n) is 58.6. The van der Waals surface area contributed by atoms with Crippen LogP contribution in [0.15, 0.2) is 0 Å². The maximum atomic E-state index is 11.1. The first-order chi connectivity index (χ1) is 45.7. The van der Waals surface area contributed by atoms with Gasteiger partial charge in [-0.15, -0.1) is 11.8 Å². The maximum Gasteiger partial charge on any atom is 0.316 e. The molecule has 0 saturated carbocycles. The first-order valence-electron chi connectivity index (χ1n) is 33.6. The van der Waals surface area contributed by atoms with Gasteiger partial charge in [0.15, 0.2) is 40.9 Å². The third-order valence-electron chi connectivity index (χ3n) is 16.5. The van der Waals surface area contributed by atoms with E-state index in [4.69, 9.17) is 20.4 Å². The molecule has 0 amide bonds. The predicted octanol–water partition coefficient (Wildman–Crippen LogP) is 13.9. The average Bonchev–Trinajstić information content (AvgIpc) is 0.896. The molecule has 10 aliphatic heterocycles. The molecule has 30 heteroatoms. The van der Waals surface area contributed by atoms with Crippen molar-refractivity contribution in [2.24, 2.45) is 35.0 Å². The Bertz CT molecular complexity index is 2600. The Morgan fingerprint density at radius 1 is 0.520 bits per heavy atom. The lowest BCUT2D eigenvalue weighted by molar-refractivity contribution is -0.145. The Morgan fingerprint density at radius 2 is 1.12 bits per heavy atom. The van der Waals surface area contributed by atoms with Crippen LogP contribution in [0.2, 0.25) is 0 Å². The van der Waals surface area contributed by atoms with Crippen molar-refractivity contribution in [1.29, 1.82) is 0 Å². The Morgan fingerprint density at radius 3 is 1.50 bits per heavy atom. The highest BCUT2D eigenvalue weighted by atomic mass is 32.2. The van der Waals surface area contributed by atoms with E-state index < -0.39 is 29.4 Å². The Hall–Kier alpha value is -2.13. The quantitative estimate of drug-likeness (QED) is 0.141. The summed E-state index contributed by atoms with van der Waals surface area (Å²) < 4.78 is 0.0156. The van der Waals surface area contributed by atoms with Gasteiger partial charge in [0.2, 0.25) is 10.2 Å². The molecule has 0 radical (unpaired) electrons. The van der Waals surface area contributed by atoms with E-state index in [1.54, 1.807) is 18.7 Å². The zero-order chi connectivity index (χ0) is 74.4. The number of carbonyl (C=O) groups is 15. The van der Waals surface area contributed by atoms with Crippen LogP contribution in [0.25, 0.3) is 0 Å². The minimum Gasteiger partial charge on any atom is -0.481 e. The van der Waals surface area contributed by atoms with Gasteiger partial charge in [0, 0.05) is 100 Å². The van der Waals surface area contributed by atoms with Crippen LogP contribution in [0, 0.1) is 35.0 Å². The van der Waals surface area contributed by atoms with E-state index in [0.717, 1.165) is 160 Å². The molecule has 8 unspecified atom stereocenters. The van der Waals surface area contributed by atoms with Crippen molar-refractivity contribution in [3.8, 4) is 0 Å². The minimum atomic E-state index is -0.975. The summed E-state index contributed by atoms with van der Waals surface area (Å²) in [6, 6.07) is 0. The first kappa shape index (κ1) is 93.9.